The van der Waals surface area contributed by atoms with Gasteiger partial charge in [0.2, 0.25) is 0 Å². The Morgan fingerprint density at radius 3 is 2.65 bits per heavy atom. The lowest BCUT2D eigenvalue weighted by Crippen LogP contribution is -2.26. The number of hydrogen-bond acceptors (Lipinski definition) is 5. The first-order valence-electron chi connectivity index (χ1n) is 11.2. The number of carbonyl (C=O) groups is 1. The van der Waals surface area contributed by atoms with Crippen molar-refractivity contribution in [2.45, 2.75) is 65.0 Å². The highest BCUT2D eigenvalue weighted by Crippen LogP contribution is 2.25. The molecule has 166 valence electrons. The summed E-state index contributed by atoms with van der Waals surface area (Å²) in [5.41, 5.74) is 2.64. The maximum atomic E-state index is 11.3. The summed E-state index contributed by atoms with van der Waals surface area (Å²) in [5.74, 6) is -0.389. The molecule has 0 aliphatic carbocycles. The summed E-state index contributed by atoms with van der Waals surface area (Å²) in [4.78, 5) is 18.1. The molecular formula is C25H32N2O4. The van der Waals surface area contributed by atoms with Gasteiger partial charge in [-0.05, 0) is 42.7 Å². The Morgan fingerprint density at radius 2 is 1.90 bits per heavy atom. The van der Waals surface area contributed by atoms with Crippen molar-refractivity contribution in [3.8, 4) is 5.75 Å². The third-order valence-electron chi connectivity index (χ3n) is 5.28. The Bertz CT molecular complexity index is 936. The zero-order valence-corrected chi connectivity index (χ0v) is 18.4. The molecular weight excluding hydrogens is 392 g/mol. The van der Waals surface area contributed by atoms with Gasteiger partial charge in [-0.2, -0.15) is 4.98 Å². The minimum Gasteiger partial charge on any atom is -0.479 e. The number of nitrogens with zero attached hydrogens (tertiary/aromatic N) is 2. The monoisotopic (exact) mass is 424 g/mol. The van der Waals surface area contributed by atoms with E-state index in [1.807, 2.05) is 42.5 Å². The van der Waals surface area contributed by atoms with Crippen molar-refractivity contribution < 1.29 is 19.1 Å². The normalized spacial score (nSPS) is 12.1. The van der Waals surface area contributed by atoms with Crippen LogP contribution in [0.15, 0.2) is 52.9 Å². The predicted molar refractivity (Wildman–Crippen MR) is 123 cm³/mol. The van der Waals surface area contributed by atoms with Crippen LogP contribution in [0.3, 0.4) is 0 Å². The minimum atomic E-state index is -0.951. The highest BCUT2D eigenvalue weighted by molar-refractivity contribution is 5.74. The van der Waals surface area contributed by atoms with Gasteiger partial charge in [-0.25, -0.2) is 4.79 Å². The molecule has 0 fully saturated rings. The van der Waals surface area contributed by atoms with Crippen LogP contribution in [-0.2, 0) is 11.3 Å². The van der Waals surface area contributed by atoms with Crippen LogP contribution in [0.2, 0.25) is 0 Å². The van der Waals surface area contributed by atoms with Gasteiger partial charge in [0.05, 0.1) is 0 Å². The Hall–Kier alpha value is -3.02. The number of oxazole rings is 1. The molecule has 0 aliphatic heterocycles. The van der Waals surface area contributed by atoms with E-state index in [4.69, 9.17) is 9.15 Å². The van der Waals surface area contributed by atoms with E-state index in [0.29, 0.717) is 24.7 Å². The quantitative estimate of drug-likeness (QED) is 0.337. The maximum Gasteiger partial charge on any atom is 0.344 e. The molecule has 0 aliphatic rings. The fourth-order valence-corrected chi connectivity index (χ4v) is 3.55. The van der Waals surface area contributed by atoms with E-state index in [-0.39, 0.29) is 0 Å². The first-order chi connectivity index (χ1) is 15.1. The second kappa shape index (κ2) is 11.4. The fraction of sp³-hybridized carbons (Fsp3) is 0.440. The van der Waals surface area contributed by atoms with Crippen LogP contribution >= 0.6 is 0 Å². The van der Waals surface area contributed by atoms with E-state index in [1.165, 1.54) is 25.7 Å². The molecule has 31 heavy (non-hydrogen) atoms. The summed E-state index contributed by atoms with van der Waals surface area (Å²) in [6, 6.07) is 16.0. The number of para-hydroxylation sites is 2. The molecule has 3 rings (SSSR count). The van der Waals surface area contributed by atoms with Gasteiger partial charge in [0.25, 0.3) is 6.01 Å². The highest BCUT2D eigenvalue weighted by atomic mass is 16.5. The number of fused-ring (bicyclic) bond motifs is 1. The molecule has 1 heterocycles. The molecule has 1 N–H and O–H groups in total. The van der Waals surface area contributed by atoms with Crippen molar-refractivity contribution in [2.75, 3.05) is 11.4 Å². The van der Waals surface area contributed by atoms with Crippen molar-refractivity contribution in [3.05, 3.63) is 54.1 Å². The Kier molecular flexibility index (Phi) is 8.33. The van der Waals surface area contributed by atoms with Crippen molar-refractivity contribution in [1.29, 1.82) is 0 Å². The van der Waals surface area contributed by atoms with E-state index in [2.05, 4.69) is 16.8 Å². The summed E-state index contributed by atoms with van der Waals surface area (Å²) < 4.78 is 11.7. The Labute approximate surface area is 183 Å². The van der Waals surface area contributed by atoms with E-state index >= 15 is 0 Å². The summed E-state index contributed by atoms with van der Waals surface area (Å²) in [7, 11) is 0. The van der Waals surface area contributed by atoms with Gasteiger partial charge in [0.1, 0.15) is 11.3 Å². The predicted octanol–water partition coefficient (Wildman–Crippen LogP) is 6.05. The number of ether oxygens (including phenoxy) is 1. The fourth-order valence-electron chi connectivity index (χ4n) is 3.55. The number of aliphatic carboxylic acids is 1. The molecule has 6 nitrogen and oxygen atoms in total. The number of unbranched alkanes of at least 4 members (excludes halogenated alkanes) is 4. The summed E-state index contributed by atoms with van der Waals surface area (Å²) >= 11 is 0. The number of aromatic nitrogens is 1. The van der Waals surface area contributed by atoms with Crippen molar-refractivity contribution in [1.82, 2.24) is 4.98 Å². The zero-order chi connectivity index (χ0) is 22.1. The smallest absolute Gasteiger partial charge is 0.344 e. The van der Waals surface area contributed by atoms with Gasteiger partial charge >= 0.3 is 5.97 Å². The van der Waals surface area contributed by atoms with E-state index < -0.39 is 12.1 Å². The maximum absolute atomic E-state index is 11.3. The lowest BCUT2D eigenvalue weighted by Gasteiger charge is -2.21. The number of carboxylic acids is 1. The molecule has 0 saturated heterocycles. The van der Waals surface area contributed by atoms with Gasteiger partial charge in [-0.3, -0.25) is 0 Å². The molecule has 6 heteroatoms. The highest BCUT2D eigenvalue weighted by Gasteiger charge is 2.18. The minimum absolute atomic E-state index is 0.409. The molecule has 3 aromatic rings. The van der Waals surface area contributed by atoms with Crippen LogP contribution in [0.25, 0.3) is 11.1 Å². The van der Waals surface area contributed by atoms with Gasteiger partial charge < -0.3 is 19.2 Å². The summed E-state index contributed by atoms with van der Waals surface area (Å²) in [6.45, 7) is 5.47. The average Bonchev–Trinajstić information content (AvgIpc) is 3.21. The zero-order valence-electron chi connectivity index (χ0n) is 18.4. The van der Waals surface area contributed by atoms with Crippen molar-refractivity contribution in [2.24, 2.45) is 0 Å². The van der Waals surface area contributed by atoms with Crippen LogP contribution in [0.1, 0.15) is 57.9 Å². The SMILES string of the molecule is CCCCCCCN(Cc1cccc(OC(CC)C(=O)O)c1)c1nc2ccccc2o1. The largest absolute Gasteiger partial charge is 0.479 e. The number of rotatable bonds is 13. The third-order valence-corrected chi connectivity index (χ3v) is 5.28. The number of anilines is 1. The first kappa shape index (κ1) is 22.7. The van der Waals surface area contributed by atoms with Crippen LogP contribution < -0.4 is 9.64 Å². The molecule has 0 bridgehead atoms. The van der Waals surface area contributed by atoms with Crippen molar-refractivity contribution in [3.63, 3.8) is 0 Å². The molecule has 0 amide bonds. The number of benzene rings is 2. The third kappa shape index (κ3) is 6.48. The van der Waals surface area contributed by atoms with Gasteiger partial charge in [0, 0.05) is 13.1 Å². The summed E-state index contributed by atoms with van der Waals surface area (Å²) in [5, 5.41) is 9.27. The van der Waals surface area contributed by atoms with Crippen molar-refractivity contribution >= 4 is 23.1 Å². The number of hydrogen-bond donors (Lipinski definition) is 1. The van der Waals surface area contributed by atoms with Crippen LogP contribution in [0.4, 0.5) is 6.01 Å². The number of carboxylic acid groups (broad SMARTS) is 1. The topological polar surface area (TPSA) is 75.8 Å². The summed E-state index contributed by atoms with van der Waals surface area (Å²) in [6.07, 6.45) is 5.50. The van der Waals surface area contributed by atoms with E-state index in [0.717, 1.165) is 29.6 Å². The molecule has 1 aromatic heterocycles. The van der Waals surface area contributed by atoms with Crippen LogP contribution in [0.5, 0.6) is 5.75 Å². The molecule has 0 radical (unpaired) electrons. The van der Waals surface area contributed by atoms with Gasteiger partial charge in [-0.15, -0.1) is 0 Å². The molecule has 1 atom stereocenters. The lowest BCUT2D eigenvalue weighted by molar-refractivity contribution is -0.145. The average molecular weight is 425 g/mol. The van der Waals surface area contributed by atoms with Crippen LogP contribution in [0, 0.1) is 0 Å². The van der Waals surface area contributed by atoms with Gasteiger partial charge in [0.15, 0.2) is 11.7 Å². The molecule has 0 saturated carbocycles. The van der Waals surface area contributed by atoms with Gasteiger partial charge in [-0.1, -0.05) is 63.8 Å². The Morgan fingerprint density at radius 1 is 1.10 bits per heavy atom. The Balaban J connectivity index is 1.76. The molecule has 1 unspecified atom stereocenters. The van der Waals surface area contributed by atoms with Crippen LogP contribution in [-0.4, -0.2) is 28.7 Å². The molecule has 0 spiro atoms. The van der Waals surface area contributed by atoms with E-state index in [1.54, 1.807) is 13.0 Å². The first-order valence-corrected chi connectivity index (χ1v) is 11.2. The second-order valence-electron chi connectivity index (χ2n) is 7.80. The second-order valence-corrected chi connectivity index (χ2v) is 7.80. The standard InChI is InChI=1S/C25H32N2O4/c1-3-5-6-7-10-16-27(25-26-21-14-8-9-15-23(21)31-25)18-19-12-11-13-20(17-19)30-22(4-2)24(28)29/h8-9,11-15,17,22H,3-7,10,16,18H2,1-2H3,(H,28,29). The lowest BCUT2D eigenvalue weighted by atomic mass is 10.1. The van der Waals surface area contributed by atoms with E-state index in [9.17, 15) is 9.90 Å². The molecule has 2 aromatic carbocycles.